The minimum atomic E-state index is -0.132. The summed E-state index contributed by atoms with van der Waals surface area (Å²) < 4.78 is 1.60. The van der Waals surface area contributed by atoms with Crippen LogP contribution in [-0.2, 0) is 6.54 Å². The maximum absolute atomic E-state index is 12.9. The number of aryl methyl sites for hydroxylation is 2. The summed E-state index contributed by atoms with van der Waals surface area (Å²) in [5, 5.41) is 4.78. The van der Waals surface area contributed by atoms with Crippen molar-refractivity contribution < 1.29 is 4.79 Å². The average molecular weight is 354 g/mol. The molecule has 0 saturated heterocycles. The number of rotatable bonds is 4. The van der Waals surface area contributed by atoms with Gasteiger partial charge in [0.15, 0.2) is 0 Å². The lowest BCUT2D eigenvalue weighted by atomic mass is 10.1. The molecule has 0 aliphatic rings. The molecule has 4 nitrogen and oxygen atoms in total. The van der Waals surface area contributed by atoms with Crippen LogP contribution >= 0.6 is 11.6 Å². The molecule has 0 atom stereocenters. The molecule has 128 valence electrons. The molecule has 3 aromatic rings. The quantitative estimate of drug-likeness (QED) is 0.696. The number of benzene rings is 2. The van der Waals surface area contributed by atoms with E-state index in [1.165, 1.54) is 0 Å². The Morgan fingerprint density at radius 3 is 2.40 bits per heavy atom. The van der Waals surface area contributed by atoms with Gasteiger partial charge in [0.2, 0.25) is 0 Å². The zero-order valence-corrected chi connectivity index (χ0v) is 15.3. The molecule has 0 N–H and O–H groups in total. The number of hydrogen-bond acceptors (Lipinski definition) is 2. The van der Waals surface area contributed by atoms with Gasteiger partial charge in [-0.2, -0.15) is 5.10 Å². The number of aromatic nitrogens is 2. The monoisotopic (exact) mass is 353 g/mol. The molecule has 0 saturated carbocycles. The third kappa shape index (κ3) is 3.44. The highest BCUT2D eigenvalue weighted by molar-refractivity contribution is 6.33. The molecule has 1 heterocycles. The molecule has 0 unspecified atom stereocenters. The van der Waals surface area contributed by atoms with Gasteiger partial charge in [-0.3, -0.25) is 4.79 Å². The summed E-state index contributed by atoms with van der Waals surface area (Å²) >= 11 is 6.49. The molecule has 1 aromatic heterocycles. The summed E-state index contributed by atoms with van der Waals surface area (Å²) in [5.74, 6) is -0.132. The fraction of sp³-hybridized carbons (Fsp3) is 0.200. The summed E-state index contributed by atoms with van der Waals surface area (Å²) in [6.07, 6.45) is 0. The lowest BCUT2D eigenvalue weighted by Crippen LogP contribution is -2.27. The summed E-state index contributed by atoms with van der Waals surface area (Å²) in [6.45, 7) is 4.37. The first-order valence-corrected chi connectivity index (χ1v) is 8.47. The molecule has 5 heteroatoms. The van der Waals surface area contributed by atoms with E-state index in [1.807, 2.05) is 61.5 Å². The predicted octanol–water partition coefficient (Wildman–Crippen LogP) is 4.41. The lowest BCUT2D eigenvalue weighted by Gasteiger charge is -2.18. The standard InChI is InChI=1S/C20H20ClN3O/c1-14-9-7-8-10-16(14)13-23(3)20(25)18-15(2)22-24(19(18)21)17-11-5-4-6-12-17/h4-12H,13H2,1-3H3. The van der Waals surface area contributed by atoms with Crippen LogP contribution in [-0.4, -0.2) is 27.6 Å². The van der Waals surface area contributed by atoms with E-state index < -0.39 is 0 Å². The number of carbonyl (C=O) groups is 1. The Bertz CT molecular complexity index is 903. The van der Waals surface area contributed by atoms with E-state index in [2.05, 4.69) is 5.10 Å². The second-order valence-corrected chi connectivity index (χ2v) is 6.44. The van der Waals surface area contributed by atoms with Gasteiger partial charge in [-0.05, 0) is 37.1 Å². The molecule has 2 aromatic carbocycles. The van der Waals surface area contributed by atoms with Crippen molar-refractivity contribution in [3.8, 4) is 5.69 Å². The first-order chi connectivity index (χ1) is 12.0. The van der Waals surface area contributed by atoms with Crippen molar-refractivity contribution in [2.75, 3.05) is 7.05 Å². The Morgan fingerprint density at radius 1 is 1.08 bits per heavy atom. The van der Waals surface area contributed by atoms with Crippen LogP contribution in [0.3, 0.4) is 0 Å². The molecule has 0 radical (unpaired) electrons. The van der Waals surface area contributed by atoms with E-state index >= 15 is 0 Å². The van der Waals surface area contributed by atoms with Gasteiger partial charge in [0, 0.05) is 13.6 Å². The molecule has 25 heavy (non-hydrogen) atoms. The molecule has 0 aliphatic heterocycles. The first-order valence-electron chi connectivity index (χ1n) is 8.09. The van der Waals surface area contributed by atoms with Crippen LogP contribution in [0.4, 0.5) is 0 Å². The highest BCUT2D eigenvalue weighted by atomic mass is 35.5. The zero-order chi connectivity index (χ0) is 18.0. The van der Waals surface area contributed by atoms with Gasteiger partial charge in [0.1, 0.15) is 5.15 Å². The minimum Gasteiger partial charge on any atom is -0.337 e. The normalized spacial score (nSPS) is 10.7. The third-order valence-corrected chi connectivity index (χ3v) is 4.58. The van der Waals surface area contributed by atoms with Crippen molar-refractivity contribution in [1.82, 2.24) is 14.7 Å². The number of amides is 1. The highest BCUT2D eigenvalue weighted by Gasteiger charge is 2.24. The fourth-order valence-electron chi connectivity index (χ4n) is 2.79. The van der Waals surface area contributed by atoms with Gasteiger partial charge in [-0.1, -0.05) is 54.1 Å². The van der Waals surface area contributed by atoms with Gasteiger partial charge in [-0.25, -0.2) is 4.68 Å². The SMILES string of the molecule is Cc1ccccc1CN(C)C(=O)c1c(C)nn(-c2ccccc2)c1Cl. The highest BCUT2D eigenvalue weighted by Crippen LogP contribution is 2.25. The summed E-state index contributed by atoms with van der Waals surface area (Å²) in [7, 11) is 1.78. The summed E-state index contributed by atoms with van der Waals surface area (Å²) in [6, 6.07) is 17.6. The van der Waals surface area contributed by atoms with Crippen LogP contribution in [0.25, 0.3) is 5.69 Å². The average Bonchev–Trinajstić information content (AvgIpc) is 2.91. The Hall–Kier alpha value is -2.59. The van der Waals surface area contributed by atoms with Gasteiger partial charge in [0.25, 0.3) is 5.91 Å². The van der Waals surface area contributed by atoms with Crippen LogP contribution in [0.15, 0.2) is 54.6 Å². The lowest BCUT2D eigenvalue weighted by molar-refractivity contribution is 0.0784. The van der Waals surface area contributed by atoms with E-state index in [0.717, 1.165) is 16.8 Å². The van der Waals surface area contributed by atoms with Crippen molar-refractivity contribution in [2.24, 2.45) is 0 Å². The van der Waals surface area contributed by atoms with Gasteiger partial charge >= 0.3 is 0 Å². The second-order valence-electron chi connectivity index (χ2n) is 6.09. The van der Waals surface area contributed by atoms with Crippen molar-refractivity contribution in [3.05, 3.63) is 82.1 Å². The van der Waals surface area contributed by atoms with Gasteiger partial charge < -0.3 is 4.90 Å². The molecule has 0 bridgehead atoms. The van der Waals surface area contributed by atoms with Gasteiger partial charge in [0.05, 0.1) is 16.9 Å². The number of hydrogen-bond donors (Lipinski definition) is 0. The predicted molar refractivity (Wildman–Crippen MR) is 100 cm³/mol. The van der Waals surface area contributed by atoms with E-state index in [1.54, 1.807) is 23.6 Å². The molecule has 1 amide bonds. The number of halogens is 1. The fourth-order valence-corrected chi connectivity index (χ4v) is 3.14. The van der Waals surface area contributed by atoms with Crippen LogP contribution in [0.5, 0.6) is 0 Å². The zero-order valence-electron chi connectivity index (χ0n) is 14.5. The van der Waals surface area contributed by atoms with Crippen molar-refractivity contribution in [2.45, 2.75) is 20.4 Å². The third-order valence-electron chi connectivity index (χ3n) is 4.23. The van der Waals surface area contributed by atoms with E-state index in [-0.39, 0.29) is 5.91 Å². The van der Waals surface area contributed by atoms with Crippen LogP contribution in [0, 0.1) is 13.8 Å². The van der Waals surface area contributed by atoms with E-state index in [4.69, 9.17) is 11.6 Å². The van der Waals surface area contributed by atoms with E-state index in [9.17, 15) is 4.79 Å². The first kappa shape index (κ1) is 17.2. The molecule has 3 rings (SSSR count). The second kappa shape index (κ2) is 7.11. The number of carbonyl (C=O) groups excluding carboxylic acids is 1. The molecular weight excluding hydrogens is 334 g/mol. The Balaban J connectivity index is 1.90. The molecule has 0 spiro atoms. The smallest absolute Gasteiger partial charge is 0.258 e. The van der Waals surface area contributed by atoms with Crippen molar-refractivity contribution >= 4 is 17.5 Å². The maximum atomic E-state index is 12.9. The topological polar surface area (TPSA) is 38.1 Å². The Labute approximate surface area is 152 Å². The number of para-hydroxylation sites is 1. The van der Waals surface area contributed by atoms with Crippen LogP contribution in [0.1, 0.15) is 27.2 Å². The number of nitrogens with zero attached hydrogens (tertiary/aromatic N) is 3. The summed E-state index contributed by atoms with van der Waals surface area (Å²) in [5.41, 5.74) is 4.17. The van der Waals surface area contributed by atoms with Gasteiger partial charge in [-0.15, -0.1) is 0 Å². The molecule has 0 aliphatic carbocycles. The molecule has 0 fully saturated rings. The molecular formula is C20H20ClN3O. The minimum absolute atomic E-state index is 0.132. The maximum Gasteiger partial charge on any atom is 0.258 e. The Morgan fingerprint density at radius 2 is 1.72 bits per heavy atom. The van der Waals surface area contributed by atoms with Crippen molar-refractivity contribution in [1.29, 1.82) is 0 Å². The Kier molecular flexibility index (Phi) is 4.91. The van der Waals surface area contributed by atoms with Crippen molar-refractivity contribution in [3.63, 3.8) is 0 Å². The van der Waals surface area contributed by atoms with E-state index in [0.29, 0.717) is 23.0 Å². The summed E-state index contributed by atoms with van der Waals surface area (Å²) in [4.78, 5) is 14.6. The van der Waals surface area contributed by atoms with Crippen LogP contribution < -0.4 is 0 Å². The largest absolute Gasteiger partial charge is 0.337 e. The van der Waals surface area contributed by atoms with Crippen LogP contribution in [0.2, 0.25) is 5.15 Å².